The van der Waals surface area contributed by atoms with Gasteiger partial charge in [0.2, 0.25) is 10.0 Å². The maximum atomic E-state index is 12.9. The Labute approximate surface area is 159 Å². The third-order valence-corrected chi connectivity index (χ3v) is 7.58. The molecule has 4 rings (SSSR count). The van der Waals surface area contributed by atoms with E-state index in [2.05, 4.69) is 5.16 Å². The van der Waals surface area contributed by atoms with Crippen molar-refractivity contribution in [3.63, 3.8) is 0 Å². The van der Waals surface area contributed by atoms with Crippen molar-refractivity contribution in [3.05, 3.63) is 46.3 Å². The number of aryl methyl sites for hydroxylation is 4. The number of rotatable bonds is 3. The Morgan fingerprint density at radius 3 is 2.44 bits per heavy atom. The van der Waals surface area contributed by atoms with Crippen LogP contribution in [0.15, 0.2) is 27.6 Å². The van der Waals surface area contributed by atoms with Crippen LogP contribution in [-0.4, -0.2) is 54.9 Å². The van der Waals surface area contributed by atoms with Gasteiger partial charge in [-0.3, -0.25) is 4.79 Å². The van der Waals surface area contributed by atoms with Crippen LogP contribution >= 0.6 is 0 Å². The summed E-state index contributed by atoms with van der Waals surface area (Å²) < 4.78 is 32.2. The lowest BCUT2D eigenvalue weighted by atomic mass is 10.1. The van der Waals surface area contributed by atoms with Gasteiger partial charge in [-0.1, -0.05) is 11.2 Å². The van der Waals surface area contributed by atoms with Crippen LogP contribution in [-0.2, 0) is 22.9 Å². The maximum Gasteiger partial charge on any atom is 0.253 e. The number of sulfonamides is 1. The van der Waals surface area contributed by atoms with Gasteiger partial charge in [0.05, 0.1) is 0 Å². The average molecular weight is 389 g/mol. The highest BCUT2D eigenvalue weighted by Crippen LogP contribution is 2.26. The smallest absolute Gasteiger partial charge is 0.253 e. The van der Waals surface area contributed by atoms with Gasteiger partial charge >= 0.3 is 0 Å². The standard InChI is InChI=1S/C19H23N3O4S/c1-13-18(14(2)26-20-13)27(24,25)22-10-8-21(9-11-22)19(23)17-7-6-15-4-3-5-16(15)12-17/h6-7,12H,3-5,8-11H2,1-2H3. The normalized spacial score (nSPS) is 17.9. The molecule has 1 saturated heterocycles. The van der Waals surface area contributed by atoms with Crippen LogP contribution in [0, 0.1) is 13.8 Å². The van der Waals surface area contributed by atoms with Crippen LogP contribution in [0.1, 0.15) is 39.4 Å². The molecule has 0 atom stereocenters. The van der Waals surface area contributed by atoms with E-state index in [0.717, 1.165) is 19.3 Å². The van der Waals surface area contributed by atoms with Crippen molar-refractivity contribution >= 4 is 15.9 Å². The summed E-state index contributed by atoms with van der Waals surface area (Å²) in [6.07, 6.45) is 3.26. The van der Waals surface area contributed by atoms with Gasteiger partial charge in [-0.25, -0.2) is 8.42 Å². The van der Waals surface area contributed by atoms with Crippen molar-refractivity contribution in [2.24, 2.45) is 0 Å². The van der Waals surface area contributed by atoms with Gasteiger partial charge in [-0.05, 0) is 56.4 Å². The first kappa shape index (κ1) is 18.2. The zero-order valence-electron chi connectivity index (χ0n) is 15.6. The molecule has 0 bridgehead atoms. The lowest BCUT2D eigenvalue weighted by Gasteiger charge is -2.34. The fourth-order valence-corrected chi connectivity index (χ4v) is 5.70. The number of carbonyl (C=O) groups excluding carboxylic acids is 1. The van der Waals surface area contributed by atoms with E-state index < -0.39 is 10.0 Å². The minimum Gasteiger partial charge on any atom is -0.360 e. The van der Waals surface area contributed by atoms with Crippen molar-refractivity contribution in [1.82, 2.24) is 14.4 Å². The first-order chi connectivity index (χ1) is 12.9. The molecule has 1 amide bonds. The molecule has 1 aromatic heterocycles. The molecule has 7 nitrogen and oxygen atoms in total. The number of carbonyl (C=O) groups is 1. The number of amides is 1. The van der Waals surface area contributed by atoms with Gasteiger partial charge in [-0.2, -0.15) is 4.31 Å². The molecule has 0 unspecified atom stereocenters. The molecule has 2 heterocycles. The minimum atomic E-state index is -3.66. The molecular formula is C19H23N3O4S. The fourth-order valence-electron chi connectivity index (χ4n) is 3.99. The Morgan fingerprint density at radius 1 is 1.07 bits per heavy atom. The summed E-state index contributed by atoms with van der Waals surface area (Å²) >= 11 is 0. The third kappa shape index (κ3) is 3.17. The second-order valence-corrected chi connectivity index (χ2v) is 9.06. The number of nitrogens with zero attached hydrogens (tertiary/aromatic N) is 3. The predicted octanol–water partition coefficient (Wildman–Crippen LogP) is 1.93. The second kappa shape index (κ2) is 6.76. The molecule has 0 N–H and O–H groups in total. The number of hydrogen-bond acceptors (Lipinski definition) is 5. The summed E-state index contributed by atoms with van der Waals surface area (Å²) in [6, 6.07) is 5.94. The molecule has 8 heteroatoms. The highest BCUT2D eigenvalue weighted by Gasteiger charge is 2.34. The number of aromatic nitrogens is 1. The molecule has 0 radical (unpaired) electrons. The van der Waals surface area contributed by atoms with Crippen LogP contribution in [0.3, 0.4) is 0 Å². The Hall–Kier alpha value is -2.19. The Bertz CT molecular complexity index is 969. The molecule has 1 aromatic carbocycles. The Morgan fingerprint density at radius 2 is 1.78 bits per heavy atom. The number of piperazine rings is 1. The monoisotopic (exact) mass is 389 g/mol. The van der Waals surface area contributed by atoms with Gasteiger partial charge in [0.25, 0.3) is 5.91 Å². The molecule has 2 aromatic rings. The van der Waals surface area contributed by atoms with Crippen molar-refractivity contribution in [1.29, 1.82) is 0 Å². The lowest BCUT2D eigenvalue weighted by molar-refractivity contribution is 0.0697. The first-order valence-electron chi connectivity index (χ1n) is 9.22. The van der Waals surface area contributed by atoms with Crippen molar-refractivity contribution < 1.29 is 17.7 Å². The van der Waals surface area contributed by atoms with E-state index in [9.17, 15) is 13.2 Å². The van der Waals surface area contributed by atoms with Crippen LogP contribution in [0.4, 0.5) is 0 Å². The van der Waals surface area contributed by atoms with Gasteiger partial charge < -0.3 is 9.42 Å². The zero-order chi connectivity index (χ0) is 19.2. The van der Waals surface area contributed by atoms with Crippen molar-refractivity contribution in [2.75, 3.05) is 26.2 Å². The van der Waals surface area contributed by atoms with E-state index in [4.69, 9.17) is 4.52 Å². The van der Waals surface area contributed by atoms with Gasteiger partial charge in [0, 0.05) is 31.7 Å². The number of hydrogen-bond donors (Lipinski definition) is 0. The van der Waals surface area contributed by atoms with E-state index in [-0.39, 0.29) is 23.9 Å². The summed E-state index contributed by atoms with van der Waals surface area (Å²) in [5, 5.41) is 3.74. The van der Waals surface area contributed by atoms with E-state index in [0.29, 0.717) is 30.1 Å². The molecule has 1 aliphatic carbocycles. The zero-order valence-corrected chi connectivity index (χ0v) is 16.4. The molecular weight excluding hydrogens is 366 g/mol. The molecule has 0 spiro atoms. The SMILES string of the molecule is Cc1noc(C)c1S(=O)(=O)N1CCN(C(=O)c2ccc3c(c2)CCC3)CC1. The lowest BCUT2D eigenvalue weighted by Crippen LogP contribution is -2.50. The summed E-state index contributed by atoms with van der Waals surface area (Å²) in [4.78, 5) is 14.7. The third-order valence-electron chi connectivity index (χ3n) is 5.44. The van der Waals surface area contributed by atoms with Crippen molar-refractivity contribution in [3.8, 4) is 0 Å². The van der Waals surface area contributed by atoms with E-state index in [1.54, 1.807) is 18.7 Å². The minimum absolute atomic E-state index is 0.0286. The van der Waals surface area contributed by atoms with Gasteiger partial charge in [-0.15, -0.1) is 0 Å². The second-order valence-electron chi connectivity index (χ2n) is 7.19. The summed E-state index contributed by atoms with van der Waals surface area (Å²) in [7, 11) is -3.66. The van der Waals surface area contributed by atoms with Gasteiger partial charge in [0.15, 0.2) is 5.76 Å². The summed E-state index contributed by atoms with van der Waals surface area (Å²) in [6.45, 7) is 4.50. The average Bonchev–Trinajstić information content (AvgIpc) is 3.26. The molecule has 27 heavy (non-hydrogen) atoms. The molecule has 144 valence electrons. The molecule has 1 fully saturated rings. The van der Waals surface area contributed by atoms with Crippen LogP contribution in [0.5, 0.6) is 0 Å². The van der Waals surface area contributed by atoms with E-state index >= 15 is 0 Å². The topological polar surface area (TPSA) is 83.7 Å². The first-order valence-corrected chi connectivity index (χ1v) is 10.7. The summed E-state index contributed by atoms with van der Waals surface area (Å²) in [5.41, 5.74) is 3.66. The fraction of sp³-hybridized carbons (Fsp3) is 0.474. The molecule has 2 aliphatic rings. The number of fused-ring (bicyclic) bond motifs is 1. The van der Waals surface area contributed by atoms with E-state index in [1.807, 2.05) is 18.2 Å². The highest BCUT2D eigenvalue weighted by molar-refractivity contribution is 7.89. The van der Waals surface area contributed by atoms with Gasteiger partial charge in [0.1, 0.15) is 10.6 Å². The highest BCUT2D eigenvalue weighted by atomic mass is 32.2. The molecule has 0 saturated carbocycles. The Kier molecular flexibility index (Phi) is 4.55. The number of benzene rings is 1. The van der Waals surface area contributed by atoms with Crippen molar-refractivity contribution in [2.45, 2.75) is 38.0 Å². The van der Waals surface area contributed by atoms with Crippen LogP contribution in [0.25, 0.3) is 0 Å². The van der Waals surface area contributed by atoms with Crippen LogP contribution < -0.4 is 0 Å². The van der Waals surface area contributed by atoms with Crippen LogP contribution in [0.2, 0.25) is 0 Å². The predicted molar refractivity (Wildman–Crippen MR) is 99.1 cm³/mol. The largest absolute Gasteiger partial charge is 0.360 e. The maximum absolute atomic E-state index is 12.9. The Balaban J connectivity index is 1.47. The van der Waals surface area contributed by atoms with E-state index in [1.165, 1.54) is 15.4 Å². The molecule has 1 aliphatic heterocycles. The summed E-state index contributed by atoms with van der Waals surface area (Å²) in [5.74, 6) is 0.267. The quantitative estimate of drug-likeness (QED) is 0.801.